The molecule has 1 aliphatic heterocycles. The van der Waals surface area contributed by atoms with Gasteiger partial charge in [-0.15, -0.1) is 12.4 Å². The summed E-state index contributed by atoms with van der Waals surface area (Å²) in [6.45, 7) is 1.78. The first-order valence-electron chi connectivity index (χ1n) is 4.34. The van der Waals surface area contributed by atoms with E-state index in [0.717, 1.165) is 19.5 Å². The van der Waals surface area contributed by atoms with Crippen molar-refractivity contribution >= 4 is 12.4 Å². The Morgan fingerprint density at radius 1 is 1.50 bits per heavy atom. The van der Waals surface area contributed by atoms with E-state index >= 15 is 0 Å². The number of hydrogen-bond acceptors (Lipinski definition) is 3. The second-order valence-corrected chi connectivity index (χ2v) is 3.03. The van der Waals surface area contributed by atoms with E-state index < -0.39 is 5.95 Å². The van der Waals surface area contributed by atoms with Crippen molar-refractivity contribution in [1.29, 1.82) is 0 Å². The van der Waals surface area contributed by atoms with Crippen molar-refractivity contribution in [1.82, 2.24) is 10.3 Å². The van der Waals surface area contributed by atoms with Gasteiger partial charge in [0.15, 0.2) is 0 Å². The molecule has 0 bridgehead atoms. The number of nitrogens with one attached hydrogen (secondary N) is 1. The van der Waals surface area contributed by atoms with Gasteiger partial charge in [0.2, 0.25) is 11.8 Å². The van der Waals surface area contributed by atoms with Crippen LogP contribution < -0.4 is 10.1 Å². The van der Waals surface area contributed by atoms with E-state index in [-0.39, 0.29) is 18.5 Å². The van der Waals surface area contributed by atoms with Crippen LogP contribution in [0.3, 0.4) is 0 Å². The number of hydrogen-bond donors (Lipinski definition) is 1. The second-order valence-electron chi connectivity index (χ2n) is 3.03. The van der Waals surface area contributed by atoms with Gasteiger partial charge in [0, 0.05) is 12.6 Å². The van der Waals surface area contributed by atoms with Gasteiger partial charge in [-0.3, -0.25) is 0 Å². The van der Waals surface area contributed by atoms with Crippen LogP contribution in [0.1, 0.15) is 6.42 Å². The Balaban J connectivity index is 0.000000980. The third-order valence-electron chi connectivity index (χ3n) is 1.99. The Labute approximate surface area is 88.1 Å². The van der Waals surface area contributed by atoms with Crippen LogP contribution in [0.4, 0.5) is 4.39 Å². The van der Waals surface area contributed by atoms with Crippen molar-refractivity contribution in [2.24, 2.45) is 0 Å². The summed E-state index contributed by atoms with van der Waals surface area (Å²) in [6.07, 6.45) is 1.09. The monoisotopic (exact) mass is 218 g/mol. The third kappa shape index (κ3) is 2.82. The van der Waals surface area contributed by atoms with Gasteiger partial charge in [-0.2, -0.15) is 9.37 Å². The topological polar surface area (TPSA) is 34.1 Å². The Morgan fingerprint density at radius 2 is 2.36 bits per heavy atom. The lowest BCUT2D eigenvalue weighted by molar-refractivity contribution is 0.211. The fraction of sp³-hybridized carbons (Fsp3) is 0.444. The summed E-state index contributed by atoms with van der Waals surface area (Å²) < 4.78 is 18.1. The van der Waals surface area contributed by atoms with E-state index in [0.29, 0.717) is 5.88 Å². The SMILES string of the molecule is Cl.Fc1cccc(OC2CCNC2)n1. The molecule has 0 amide bonds. The first-order chi connectivity index (χ1) is 6.34. The lowest BCUT2D eigenvalue weighted by Crippen LogP contribution is -2.20. The molecule has 1 aliphatic rings. The van der Waals surface area contributed by atoms with Crippen LogP contribution in [0.2, 0.25) is 0 Å². The van der Waals surface area contributed by atoms with Crippen molar-refractivity contribution in [2.75, 3.05) is 13.1 Å². The van der Waals surface area contributed by atoms with Crippen molar-refractivity contribution < 1.29 is 9.13 Å². The summed E-state index contributed by atoms with van der Waals surface area (Å²) in [7, 11) is 0. The number of pyridine rings is 1. The van der Waals surface area contributed by atoms with Crippen LogP contribution in [0.5, 0.6) is 5.88 Å². The maximum atomic E-state index is 12.6. The number of rotatable bonds is 2. The van der Waals surface area contributed by atoms with Crippen molar-refractivity contribution in [3.8, 4) is 5.88 Å². The van der Waals surface area contributed by atoms with E-state index in [2.05, 4.69) is 10.3 Å². The summed E-state index contributed by atoms with van der Waals surface area (Å²) in [5.74, 6) is -0.128. The van der Waals surface area contributed by atoms with Crippen LogP contribution in [0.15, 0.2) is 18.2 Å². The zero-order chi connectivity index (χ0) is 9.10. The van der Waals surface area contributed by atoms with Crippen LogP contribution in [0, 0.1) is 5.95 Å². The standard InChI is InChI=1S/C9H11FN2O.ClH/c10-8-2-1-3-9(12-8)13-7-4-5-11-6-7;/h1-3,7,11H,4-6H2;1H. The predicted octanol–water partition coefficient (Wildman–Crippen LogP) is 1.38. The third-order valence-corrected chi connectivity index (χ3v) is 1.99. The minimum absolute atomic E-state index is 0. The molecule has 78 valence electrons. The average molecular weight is 219 g/mol. The number of halogens is 2. The van der Waals surface area contributed by atoms with Gasteiger partial charge in [0.25, 0.3) is 0 Å². The van der Waals surface area contributed by atoms with E-state index in [4.69, 9.17) is 4.74 Å². The molecule has 1 unspecified atom stereocenters. The minimum atomic E-state index is -0.497. The molecule has 1 saturated heterocycles. The maximum Gasteiger partial charge on any atom is 0.216 e. The van der Waals surface area contributed by atoms with Gasteiger partial charge in [0.1, 0.15) is 6.10 Å². The van der Waals surface area contributed by atoms with Crippen LogP contribution in [-0.2, 0) is 0 Å². The first kappa shape index (κ1) is 11.2. The molecule has 1 fully saturated rings. The first-order valence-corrected chi connectivity index (χ1v) is 4.34. The quantitative estimate of drug-likeness (QED) is 0.762. The van der Waals surface area contributed by atoms with Crippen LogP contribution >= 0.6 is 12.4 Å². The molecule has 1 aromatic heterocycles. The van der Waals surface area contributed by atoms with Crippen LogP contribution in [-0.4, -0.2) is 24.2 Å². The highest BCUT2D eigenvalue weighted by atomic mass is 35.5. The Morgan fingerprint density at radius 3 is 3.00 bits per heavy atom. The largest absolute Gasteiger partial charge is 0.473 e. The van der Waals surface area contributed by atoms with Gasteiger partial charge in [-0.05, 0) is 19.0 Å². The lowest BCUT2D eigenvalue weighted by Gasteiger charge is -2.10. The summed E-state index contributed by atoms with van der Waals surface area (Å²) in [5, 5.41) is 3.16. The molecule has 5 heteroatoms. The van der Waals surface area contributed by atoms with Crippen LogP contribution in [0.25, 0.3) is 0 Å². The number of ether oxygens (including phenoxy) is 1. The number of aromatic nitrogens is 1. The molecule has 2 heterocycles. The Bertz CT molecular complexity index is 292. The minimum Gasteiger partial charge on any atom is -0.473 e. The van der Waals surface area contributed by atoms with Gasteiger partial charge < -0.3 is 10.1 Å². The molecule has 14 heavy (non-hydrogen) atoms. The summed E-state index contributed by atoms with van der Waals surface area (Å²) in [4.78, 5) is 3.62. The fourth-order valence-electron chi connectivity index (χ4n) is 1.35. The van der Waals surface area contributed by atoms with E-state index in [1.165, 1.54) is 6.07 Å². The van der Waals surface area contributed by atoms with Crippen molar-refractivity contribution in [3.63, 3.8) is 0 Å². The smallest absolute Gasteiger partial charge is 0.216 e. The van der Waals surface area contributed by atoms with E-state index in [1.807, 2.05) is 0 Å². The van der Waals surface area contributed by atoms with Crippen molar-refractivity contribution in [2.45, 2.75) is 12.5 Å². The molecule has 0 radical (unpaired) electrons. The van der Waals surface area contributed by atoms with Crippen molar-refractivity contribution in [3.05, 3.63) is 24.1 Å². The van der Waals surface area contributed by atoms with Gasteiger partial charge in [-0.25, -0.2) is 0 Å². The molecule has 1 atom stereocenters. The van der Waals surface area contributed by atoms with Gasteiger partial charge in [0.05, 0.1) is 0 Å². The second kappa shape index (κ2) is 5.12. The average Bonchev–Trinajstić information content (AvgIpc) is 2.57. The molecule has 3 nitrogen and oxygen atoms in total. The molecule has 0 aromatic carbocycles. The highest BCUT2D eigenvalue weighted by molar-refractivity contribution is 5.85. The van der Waals surface area contributed by atoms with Gasteiger partial charge >= 0.3 is 0 Å². The molecule has 1 aromatic rings. The highest BCUT2D eigenvalue weighted by Gasteiger charge is 2.16. The fourth-order valence-corrected chi connectivity index (χ4v) is 1.35. The molecule has 0 saturated carbocycles. The molecule has 2 rings (SSSR count). The summed E-state index contributed by atoms with van der Waals surface area (Å²) in [5.41, 5.74) is 0. The molecule has 0 aliphatic carbocycles. The number of nitrogens with zero attached hydrogens (tertiary/aromatic N) is 1. The summed E-state index contributed by atoms with van der Waals surface area (Å²) >= 11 is 0. The zero-order valence-corrected chi connectivity index (χ0v) is 8.39. The van der Waals surface area contributed by atoms with Gasteiger partial charge in [-0.1, -0.05) is 6.07 Å². The molecule has 1 N–H and O–H groups in total. The predicted molar refractivity (Wildman–Crippen MR) is 53.3 cm³/mol. The molecular formula is C9H12ClFN2O. The normalized spacial score (nSPS) is 20.2. The van der Waals surface area contributed by atoms with E-state index in [1.54, 1.807) is 12.1 Å². The highest BCUT2D eigenvalue weighted by Crippen LogP contribution is 2.11. The lowest BCUT2D eigenvalue weighted by atomic mass is 10.3. The molecule has 0 spiro atoms. The van der Waals surface area contributed by atoms with E-state index in [9.17, 15) is 4.39 Å². The Hall–Kier alpha value is -0.870. The maximum absolute atomic E-state index is 12.6. The Kier molecular flexibility index (Phi) is 4.10. The zero-order valence-electron chi connectivity index (χ0n) is 7.57. The summed E-state index contributed by atoms with van der Waals surface area (Å²) in [6, 6.07) is 4.57. The molecular weight excluding hydrogens is 207 g/mol.